The third-order valence-corrected chi connectivity index (χ3v) is 3.26. The van der Waals surface area contributed by atoms with Crippen LogP contribution in [0.3, 0.4) is 0 Å². The van der Waals surface area contributed by atoms with Crippen LogP contribution in [0.1, 0.15) is 19.3 Å². The van der Waals surface area contributed by atoms with Crippen LogP contribution in [0.15, 0.2) is 0 Å². The molecule has 0 spiro atoms. The zero-order chi connectivity index (χ0) is 15.4. The average molecular weight is 337 g/mol. The molecule has 0 saturated carbocycles. The largest absolute Gasteiger partial charge is 0.418 e. The molecular formula is C13H28O6Si2. The molecule has 0 bridgehead atoms. The molecule has 0 aromatic carbocycles. The highest BCUT2D eigenvalue weighted by atomic mass is 28.2. The second-order valence-corrected chi connectivity index (χ2v) is 5.43. The van der Waals surface area contributed by atoms with Crippen molar-refractivity contribution in [2.24, 2.45) is 0 Å². The summed E-state index contributed by atoms with van der Waals surface area (Å²) < 4.78 is 31.7. The van der Waals surface area contributed by atoms with Crippen molar-refractivity contribution in [2.75, 3.05) is 53.2 Å². The van der Waals surface area contributed by atoms with Gasteiger partial charge in [-0.3, -0.25) is 0 Å². The van der Waals surface area contributed by atoms with Gasteiger partial charge in [0, 0.05) is 13.2 Å². The van der Waals surface area contributed by atoms with Crippen molar-refractivity contribution in [1.82, 2.24) is 0 Å². The van der Waals surface area contributed by atoms with Crippen LogP contribution in [-0.4, -0.2) is 72.8 Å². The number of ether oxygens (including phenoxy) is 4. The first-order chi connectivity index (χ1) is 10.4. The lowest BCUT2D eigenvalue weighted by Crippen LogP contribution is -2.09. The van der Waals surface area contributed by atoms with E-state index in [9.17, 15) is 0 Å². The summed E-state index contributed by atoms with van der Waals surface area (Å²) in [5, 5.41) is 0. The SMILES string of the molecule is C[Si]OCCCOCOCCCOCOCCCO[Si]C. The molecule has 0 fully saturated rings. The van der Waals surface area contributed by atoms with Crippen LogP contribution in [0.5, 0.6) is 0 Å². The van der Waals surface area contributed by atoms with E-state index in [1.165, 1.54) is 0 Å². The summed E-state index contributed by atoms with van der Waals surface area (Å²) in [5.74, 6) is 0. The standard InChI is InChI=1S/C13H28O6Si2/c1-20-18-10-4-8-16-12-14-6-3-7-15-13-17-9-5-11-19-21-2/h3-13H2,1-2H3. The van der Waals surface area contributed by atoms with Crippen LogP contribution in [-0.2, 0) is 27.8 Å². The minimum atomic E-state index is 0.336. The maximum absolute atomic E-state index is 5.31. The van der Waals surface area contributed by atoms with E-state index in [1.54, 1.807) is 0 Å². The Bertz CT molecular complexity index is 170. The highest BCUT2D eigenvalue weighted by Gasteiger charge is 1.93. The van der Waals surface area contributed by atoms with Gasteiger partial charge < -0.3 is 27.8 Å². The smallest absolute Gasteiger partial charge is 0.226 e. The average Bonchev–Trinajstić information content (AvgIpc) is 2.50. The number of hydrogen-bond donors (Lipinski definition) is 0. The Morgan fingerprint density at radius 2 is 0.857 bits per heavy atom. The normalized spacial score (nSPS) is 11.1. The Morgan fingerprint density at radius 1 is 0.524 bits per heavy atom. The fourth-order valence-electron chi connectivity index (χ4n) is 1.29. The minimum Gasteiger partial charge on any atom is -0.418 e. The van der Waals surface area contributed by atoms with Gasteiger partial charge in [-0.1, -0.05) is 0 Å². The maximum Gasteiger partial charge on any atom is 0.226 e. The quantitative estimate of drug-likeness (QED) is 0.215. The molecule has 4 radical (unpaired) electrons. The van der Waals surface area contributed by atoms with Crippen LogP contribution >= 0.6 is 0 Å². The molecular weight excluding hydrogens is 308 g/mol. The Kier molecular flexibility index (Phi) is 20.4. The van der Waals surface area contributed by atoms with Crippen LogP contribution < -0.4 is 0 Å². The van der Waals surface area contributed by atoms with Gasteiger partial charge in [0.05, 0.1) is 26.4 Å². The van der Waals surface area contributed by atoms with E-state index in [4.69, 9.17) is 27.8 Å². The summed E-state index contributed by atoms with van der Waals surface area (Å²) in [6.07, 6.45) is 2.66. The van der Waals surface area contributed by atoms with Gasteiger partial charge in [0.2, 0.25) is 19.5 Å². The first-order valence-corrected chi connectivity index (χ1v) is 10.1. The topological polar surface area (TPSA) is 55.4 Å². The Hall–Kier alpha value is 0.194. The molecule has 0 aliphatic rings. The highest BCUT2D eigenvalue weighted by Crippen LogP contribution is 1.90. The van der Waals surface area contributed by atoms with Crippen molar-refractivity contribution in [3.05, 3.63) is 0 Å². The summed E-state index contributed by atoms with van der Waals surface area (Å²) in [6.45, 7) is 8.84. The van der Waals surface area contributed by atoms with E-state index >= 15 is 0 Å². The van der Waals surface area contributed by atoms with Crippen molar-refractivity contribution < 1.29 is 27.8 Å². The van der Waals surface area contributed by atoms with Gasteiger partial charge in [0.15, 0.2) is 0 Å². The summed E-state index contributed by atoms with van der Waals surface area (Å²) in [6, 6.07) is 0. The molecule has 8 heteroatoms. The van der Waals surface area contributed by atoms with Gasteiger partial charge >= 0.3 is 0 Å². The van der Waals surface area contributed by atoms with Gasteiger partial charge in [-0.15, -0.1) is 0 Å². The predicted molar refractivity (Wildman–Crippen MR) is 82.5 cm³/mol. The van der Waals surface area contributed by atoms with Crippen molar-refractivity contribution >= 4 is 19.5 Å². The molecule has 0 aromatic heterocycles. The van der Waals surface area contributed by atoms with Crippen molar-refractivity contribution in [3.63, 3.8) is 0 Å². The Labute approximate surface area is 133 Å². The molecule has 0 atom stereocenters. The first kappa shape index (κ1) is 21.2. The lowest BCUT2D eigenvalue weighted by Gasteiger charge is -2.07. The third kappa shape index (κ3) is 20.2. The van der Waals surface area contributed by atoms with Crippen molar-refractivity contribution in [2.45, 2.75) is 32.4 Å². The van der Waals surface area contributed by atoms with E-state index in [-0.39, 0.29) is 0 Å². The number of rotatable bonds is 18. The second kappa shape index (κ2) is 20.2. The fraction of sp³-hybridized carbons (Fsp3) is 1.00. The van der Waals surface area contributed by atoms with E-state index in [0.717, 1.165) is 32.5 Å². The van der Waals surface area contributed by atoms with Crippen LogP contribution in [0, 0.1) is 0 Å². The van der Waals surface area contributed by atoms with E-state index in [2.05, 4.69) is 0 Å². The number of hydrogen-bond acceptors (Lipinski definition) is 6. The molecule has 21 heavy (non-hydrogen) atoms. The zero-order valence-corrected chi connectivity index (χ0v) is 15.2. The van der Waals surface area contributed by atoms with Crippen molar-refractivity contribution in [3.8, 4) is 0 Å². The van der Waals surface area contributed by atoms with Gasteiger partial charge in [0.25, 0.3) is 0 Å². The summed E-state index contributed by atoms with van der Waals surface area (Å²) in [7, 11) is 1.10. The monoisotopic (exact) mass is 336 g/mol. The van der Waals surface area contributed by atoms with Gasteiger partial charge in [-0.2, -0.15) is 0 Å². The lowest BCUT2D eigenvalue weighted by molar-refractivity contribution is -0.0780. The molecule has 0 rings (SSSR count). The Morgan fingerprint density at radius 3 is 1.19 bits per heavy atom. The molecule has 0 amide bonds. The molecule has 0 heterocycles. The second-order valence-electron chi connectivity index (χ2n) is 4.03. The van der Waals surface area contributed by atoms with E-state index in [1.807, 2.05) is 13.1 Å². The molecule has 0 aromatic rings. The maximum atomic E-state index is 5.31. The highest BCUT2D eigenvalue weighted by molar-refractivity contribution is 6.24. The van der Waals surface area contributed by atoms with Crippen LogP contribution in [0.4, 0.5) is 0 Å². The van der Waals surface area contributed by atoms with Crippen LogP contribution in [0.2, 0.25) is 13.1 Å². The van der Waals surface area contributed by atoms with E-state index < -0.39 is 0 Å². The minimum absolute atomic E-state index is 0.336. The molecule has 0 aliphatic carbocycles. The van der Waals surface area contributed by atoms with Gasteiger partial charge in [0.1, 0.15) is 13.6 Å². The van der Waals surface area contributed by atoms with Gasteiger partial charge in [-0.25, -0.2) is 0 Å². The molecule has 124 valence electrons. The summed E-state index contributed by atoms with van der Waals surface area (Å²) in [4.78, 5) is 0. The molecule has 0 saturated heterocycles. The van der Waals surface area contributed by atoms with Crippen molar-refractivity contribution in [1.29, 1.82) is 0 Å². The third-order valence-electron chi connectivity index (χ3n) is 2.27. The van der Waals surface area contributed by atoms with Gasteiger partial charge in [-0.05, 0) is 32.4 Å². The summed E-state index contributed by atoms with van der Waals surface area (Å²) in [5.41, 5.74) is 0. The summed E-state index contributed by atoms with van der Waals surface area (Å²) >= 11 is 0. The fourth-order valence-corrected chi connectivity index (χ4v) is 1.98. The zero-order valence-electron chi connectivity index (χ0n) is 13.2. The molecule has 0 N–H and O–H groups in total. The predicted octanol–water partition coefficient (Wildman–Crippen LogP) is 1.51. The molecule has 0 unspecified atom stereocenters. The lowest BCUT2D eigenvalue weighted by atomic mass is 10.5. The molecule has 6 nitrogen and oxygen atoms in total. The molecule has 0 aliphatic heterocycles. The van der Waals surface area contributed by atoms with E-state index in [0.29, 0.717) is 59.5 Å². The van der Waals surface area contributed by atoms with Crippen LogP contribution in [0.25, 0.3) is 0 Å². The Balaban J connectivity index is 2.90. The first-order valence-electron chi connectivity index (χ1n) is 7.29.